The van der Waals surface area contributed by atoms with Crippen molar-refractivity contribution < 1.29 is 19.5 Å². The summed E-state index contributed by atoms with van der Waals surface area (Å²) in [6.45, 7) is 2.24. The number of nitrogens with zero attached hydrogens (tertiary/aromatic N) is 1. The van der Waals surface area contributed by atoms with Crippen LogP contribution in [0, 0.1) is 5.41 Å². The van der Waals surface area contributed by atoms with E-state index >= 15 is 0 Å². The molecule has 0 radical (unpaired) electrons. The lowest BCUT2D eigenvalue weighted by molar-refractivity contribution is -0.147. The number of thioether (sulfide) groups is 1. The molecule has 2 aliphatic heterocycles. The van der Waals surface area contributed by atoms with Gasteiger partial charge < -0.3 is 15.3 Å². The van der Waals surface area contributed by atoms with E-state index in [1.165, 1.54) is 11.8 Å². The zero-order valence-corrected chi connectivity index (χ0v) is 14.6. The molecule has 2 aliphatic rings. The van der Waals surface area contributed by atoms with Crippen molar-refractivity contribution in [2.24, 2.45) is 5.41 Å². The second-order valence-corrected chi connectivity index (χ2v) is 8.05. The minimum atomic E-state index is -0.902. The summed E-state index contributed by atoms with van der Waals surface area (Å²) in [5, 5.41) is 12.0. The fraction of sp³-hybridized carbons (Fsp3) is 0.438. The van der Waals surface area contributed by atoms with Crippen LogP contribution >= 0.6 is 23.4 Å². The zero-order valence-electron chi connectivity index (χ0n) is 13.0. The Hall–Kier alpha value is -1.73. The van der Waals surface area contributed by atoms with E-state index < -0.39 is 16.6 Å². The van der Waals surface area contributed by atoms with Crippen LogP contribution in [0.25, 0.3) is 0 Å². The van der Waals surface area contributed by atoms with Gasteiger partial charge in [0.25, 0.3) is 0 Å². The molecule has 2 atom stereocenters. The molecule has 1 saturated heterocycles. The number of carbonyl (C=O) groups excluding carboxylic acids is 2. The topological polar surface area (TPSA) is 86.7 Å². The third-order valence-electron chi connectivity index (χ3n) is 4.46. The first kappa shape index (κ1) is 17.1. The maximum atomic E-state index is 12.5. The summed E-state index contributed by atoms with van der Waals surface area (Å²) in [5.74, 6) is -1.32. The molecule has 0 saturated carbocycles. The first-order valence-corrected chi connectivity index (χ1v) is 8.82. The first-order chi connectivity index (χ1) is 11.3. The second kappa shape index (κ2) is 6.29. The maximum absolute atomic E-state index is 12.5. The Morgan fingerprint density at radius 3 is 2.92 bits per heavy atom. The number of fused-ring (bicyclic) bond motifs is 1. The lowest BCUT2D eigenvalue weighted by Gasteiger charge is -2.26. The summed E-state index contributed by atoms with van der Waals surface area (Å²) < 4.78 is 0. The van der Waals surface area contributed by atoms with Crippen molar-refractivity contribution >= 4 is 46.8 Å². The van der Waals surface area contributed by atoms with E-state index in [0.717, 1.165) is 4.90 Å². The molecule has 0 spiro atoms. The first-order valence-electron chi connectivity index (χ1n) is 7.57. The van der Waals surface area contributed by atoms with Gasteiger partial charge in [0.05, 0.1) is 16.4 Å². The molecule has 8 heteroatoms. The number of benzene rings is 1. The number of anilines is 1. The van der Waals surface area contributed by atoms with E-state index in [1.807, 2.05) is 6.07 Å². The summed E-state index contributed by atoms with van der Waals surface area (Å²) in [5.41, 5.74) is -0.248. The fourth-order valence-corrected chi connectivity index (χ4v) is 4.15. The standard InChI is InChI=1S/C16H17ClN2O4S/c1-16(15(22)23)4-5-19(8-16)13(20)7-12-14(21)18-10-6-9(17)2-3-11(10)24-12/h2-3,6,12H,4-5,7-8H2,1H3,(H,18,21)(H,22,23). The molecule has 2 N–H and O–H groups in total. The maximum Gasteiger partial charge on any atom is 0.311 e. The van der Waals surface area contributed by atoms with Gasteiger partial charge in [-0.2, -0.15) is 0 Å². The largest absolute Gasteiger partial charge is 0.481 e. The lowest BCUT2D eigenvalue weighted by Crippen LogP contribution is -2.38. The third-order valence-corrected chi connectivity index (χ3v) is 5.97. The molecule has 6 nitrogen and oxygen atoms in total. The van der Waals surface area contributed by atoms with E-state index in [-0.39, 0.29) is 24.8 Å². The third kappa shape index (κ3) is 3.23. The number of carboxylic acids is 1. The van der Waals surface area contributed by atoms with Gasteiger partial charge in [-0.05, 0) is 31.5 Å². The molecule has 3 rings (SSSR count). The van der Waals surface area contributed by atoms with Crippen molar-refractivity contribution in [3.63, 3.8) is 0 Å². The van der Waals surface area contributed by atoms with Gasteiger partial charge in [0, 0.05) is 29.4 Å². The zero-order chi connectivity index (χ0) is 17.5. The predicted octanol–water partition coefficient (Wildman–Crippen LogP) is 2.47. The average Bonchev–Trinajstić information content (AvgIpc) is 2.92. The highest BCUT2D eigenvalue weighted by atomic mass is 35.5. The van der Waals surface area contributed by atoms with Gasteiger partial charge >= 0.3 is 5.97 Å². The number of rotatable bonds is 3. The number of amides is 2. The molecular weight excluding hydrogens is 352 g/mol. The summed E-state index contributed by atoms with van der Waals surface area (Å²) in [7, 11) is 0. The Balaban J connectivity index is 1.66. The van der Waals surface area contributed by atoms with Gasteiger partial charge in [0.15, 0.2) is 0 Å². The van der Waals surface area contributed by atoms with Crippen LogP contribution in [0.2, 0.25) is 5.02 Å². The van der Waals surface area contributed by atoms with Crippen LogP contribution in [0.4, 0.5) is 5.69 Å². The number of hydrogen-bond acceptors (Lipinski definition) is 4. The number of hydrogen-bond donors (Lipinski definition) is 2. The smallest absolute Gasteiger partial charge is 0.311 e. The summed E-state index contributed by atoms with van der Waals surface area (Å²) in [6, 6.07) is 5.23. The van der Waals surface area contributed by atoms with E-state index in [2.05, 4.69) is 5.32 Å². The molecule has 2 amide bonds. The molecule has 1 aromatic rings. The minimum absolute atomic E-state index is 0.0499. The molecule has 24 heavy (non-hydrogen) atoms. The van der Waals surface area contributed by atoms with Crippen LogP contribution in [0.15, 0.2) is 23.1 Å². The van der Waals surface area contributed by atoms with Gasteiger partial charge in [-0.15, -0.1) is 11.8 Å². The highest BCUT2D eigenvalue weighted by Gasteiger charge is 2.43. The quantitative estimate of drug-likeness (QED) is 0.855. The predicted molar refractivity (Wildman–Crippen MR) is 91.3 cm³/mol. The van der Waals surface area contributed by atoms with Crippen LogP contribution in [0.3, 0.4) is 0 Å². The van der Waals surface area contributed by atoms with E-state index in [4.69, 9.17) is 11.6 Å². The fourth-order valence-electron chi connectivity index (χ4n) is 2.89. The Morgan fingerprint density at radius 2 is 2.25 bits per heavy atom. The highest BCUT2D eigenvalue weighted by Crippen LogP contribution is 2.39. The van der Waals surface area contributed by atoms with Gasteiger partial charge in [-0.1, -0.05) is 11.6 Å². The number of halogens is 1. The molecule has 2 unspecified atom stereocenters. The molecule has 0 aliphatic carbocycles. The summed E-state index contributed by atoms with van der Waals surface area (Å²) >= 11 is 7.25. The number of carboxylic acid groups (broad SMARTS) is 1. The van der Waals surface area contributed by atoms with Gasteiger partial charge in [-0.25, -0.2) is 0 Å². The van der Waals surface area contributed by atoms with Crippen molar-refractivity contribution in [1.29, 1.82) is 0 Å². The van der Waals surface area contributed by atoms with Crippen LogP contribution in [0.1, 0.15) is 19.8 Å². The van der Waals surface area contributed by atoms with E-state index in [0.29, 0.717) is 23.7 Å². The monoisotopic (exact) mass is 368 g/mol. The average molecular weight is 369 g/mol. The van der Waals surface area contributed by atoms with Crippen molar-refractivity contribution in [3.05, 3.63) is 23.2 Å². The van der Waals surface area contributed by atoms with Crippen molar-refractivity contribution in [2.75, 3.05) is 18.4 Å². The minimum Gasteiger partial charge on any atom is -0.481 e. The second-order valence-electron chi connectivity index (χ2n) is 6.37. The molecule has 2 heterocycles. The van der Waals surface area contributed by atoms with Crippen molar-refractivity contribution in [3.8, 4) is 0 Å². The number of carbonyl (C=O) groups is 3. The van der Waals surface area contributed by atoms with Crippen LogP contribution in [-0.4, -0.2) is 46.1 Å². The molecule has 0 bridgehead atoms. The lowest BCUT2D eigenvalue weighted by atomic mass is 9.90. The summed E-state index contributed by atoms with van der Waals surface area (Å²) in [4.78, 5) is 38.4. The molecule has 128 valence electrons. The van der Waals surface area contributed by atoms with Gasteiger partial charge in [-0.3, -0.25) is 14.4 Å². The van der Waals surface area contributed by atoms with Crippen LogP contribution in [-0.2, 0) is 14.4 Å². The van der Waals surface area contributed by atoms with Gasteiger partial charge in [0.1, 0.15) is 0 Å². The molecular formula is C16H17ClN2O4S. The van der Waals surface area contributed by atoms with Gasteiger partial charge in [0.2, 0.25) is 11.8 Å². The Morgan fingerprint density at radius 1 is 1.50 bits per heavy atom. The SMILES string of the molecule is CC1(C(=O)O)CCN(C(=O)CC2Sc3ccc(Cl)cc3NC2=O)C1. The van der Waals surface area contributed by atoms with Crippen LogP contribution in [0.5, 0.6) is 0 Å². The van der Waals surface area contributed by atoms with E-state index in [9.17, 15) is 19.5 Å². The molecule has 1 fully saturated rings. The summed E-state index contributed by atoms with van der Waals surface area (Å²) in [6.07, 6.45) is 0.480. The van der Waals surface area contributed by atoms with Crippen molar-refractivity contribution in [2.45, 2.75) is 29.9 Å². The number of nitrogens with one attached hydrogen (secondary N) is 1. The Kier molecular flexibility index (Phi) is 4.48. The van der Waals surface area contributed by atoms with E-state index in [1.54, 1.807) is 24.0 Å². The molecule has 1 aromatic carbocycles. The van der Waals surface area contributed by atoms with Crippen LogP contribution < -0.4 is 5.32 Å². The highest BCUT2D eigenvalue weighted by molar-refractivity contribution is 8.01. The van der Waals surface area contributed by atoms with Crippen molar-refractivity contribution in [1.82, 2.24) is 4.90 Å². The Labute approximate surface area is 148 Å². The normalized spacial score (nSPS) is 26.0. The Bertz CT molecular complexity index is 726. The number of aliphatic carboxylic acids is 1. The molecule has 0 aromatic heterocycles. The number of likely N-dealkylation sites (tertiary alicyclic amines) is 1.